The van der Waals surface area contributed by atoms with Gasteiger partial charge in [-0.15, -0.1) is 23.2 Å². The third-order valence-electron chi connectivity index (χ3n) is 1.32. The molecule has 1 nitrogen and oxygen atoms in total. The highest BCUT2D eigenvalue weighted by molar-refractivity contribution is 6.50. The van der Waals surface area contributed by atoms with E-state index in [9.17, 15) is 0 Å². The SMILES string of the molecule is COCC1CC1(Cl)Cl. The van der Waals surface area contributed by atoms with E-state index in [-0.39, 0.29) is 0 Å². The fraction of sp³-hybridized carbons (Fsp3) is 1.00. The Hall–Kier alpha value is 0.540. The maximum absolute atomic E-state index is 5.67. The van der Waals surface area contributed by atoms with E-state index in [1.807, 2.05) is 0 Å². The maximum Gasteiger partial charge on any atom is 0.123 e. The number of hydrogen-bond acceptors (Lipinski definition) is 1. The average Bonchev–Trinajstić information content (AvgIpc) is 2.15. The second kappa shape index (κ2) is 2.05. The van der Waals surface area contributed by atoms with Crippen LogP contribution in [0, 0.1) is 5.92 Å². The first kappa shape index (κ1) is 6.66. The summed E-state index contributed by atoms with van der Waals surface area (Å²) in [6.07, 6.45) is 0.879. The molecular formula is C5H8Cl2O. The second-order valence-corrected chi connectivity index (χ2v) is 3.66. The fourth-order valence-electron chi connectivity index (χ4n) is 0.652. The highest BCUT2D eigenvalue weighted by Gasteiger charge is 2.51. The third kappa shape index (κ3) is 1.28. The monoisotopic (exact) mass is 154 g/mol. The van der Waals surface area contributed by atoms with Gasteiger partial charge in [0, 0.05) is 13.0 Å². The van der Waals surface area contributed by atoms with Gasteiger partial charge in [0.05, 0.1) is 6.61 Å². The highest BCUT2D eigenvalue weighted by Crippen LogP contribution is 2.52. The predicted molar refractivity (Wildman–Crippen MR) is 34.4 cm³/mol. The smallest absolute Gasteiger partial charge is 0.123 e. The number of alkyl halides is 2. The van der Waals surface area contributed by atoms with Crippen molar-refractivity contribution in [1.82, 2.24) is 0 Å². The summed E-state index contributed by atoms with van der Waals surface area (Å²) < 4.78 is 4.37. The number of methoxy groups -OCH3 is 1. The standard InChI is InChI=1S/C5H8Cl2O/c1-8-3-4-2-5(4,6)7/h4H,2-3H2,1H3. The molecule has 0 radical (unpaired) electrons. The first-order valence-corrected chi connectivity index (χ1v) is 3.29. The molecule has 0 aromatic carbocycles. The lowest BCUT2D eigenvalue weighted by Crippen LogP contribution is -1.97. The van der Waals surface area contributed by atoms with Crippen molar-refractivity contribution in [2.75, 3.05) is 13.7 Å². The van der Waals surface area contributed by atoms with Gasteiger partial charge in [0.15, 0.2) is 0 Å². The van der Waals surface area contributed by atoms with Crippen LogP contribution in [0.5, 0.6) is 0 Å². The van der Waals surface area contributed by atoms with Gasteiger partial charge in [0.2, 0.25) is 0 Å². The van der Waals surface area contributed by atoms with Crippen LogP contribution in [0.1, 0.15) is 6.42 Å². The van der Waals surface area contributed by atoms with Crippen molar-refractivity contribution in [3.8, 4) is 0 Å². The third-order valence-corrected chi connectivity index (χ3v) is 2.25. The van der Waals surface area contributed by atoms with Gasteiger partial charge in [-0.05, 0) is 6.42 Å². The molecule has 1 atom stereocenters. The summed E-state index contributed by atoms with van der Waals surface area (Å²) in [5.74, 6) is 0.371. The van der Waals surface area contributed by atoms with E-state index in [1.165, 1.54) is 0 Å². The Morgan fingerprint density at radius 2 is 2.25 bits per heavy atom. The molecule has 1 rings (SSSR count). The zero-order valence-electron chi connectivity index (χ0n) is 4.66. The molecule has 1 unspecified atom stereocenters. The summed E-state index contributed by atoms with van der Waals surface area (Å²) in [6, 6.07) is 0. The molecule has 48 valence electrons. The van der Waals surface area contributed by atoms with Crippen molar-refractivity contribution in [3.63, 3.8) is 0 Å². The molecule has 1 saturated carbocycles. The number of hydrogen-bond donors (Lipinski definition) is 0. The van der Waals surface area contributed by atoms with Crippen LogP contribution in [0.15, 0.2) is 0 Å². The minimum Gasteiger partial charge on any atom is -0.384 e. The largest absolute Gasteiger partial charge is 0.384 e. The molecule has 1 aliphatic carbocycles. The van der Waals surface area contributed by atoms with Crippen LogP contribution < -0.4 is 0 Å². The molecule has 0 aromatic rings. The van der Waals surface area contributed by atoms with Crippen molar-refractivity contribution >= 4 is 23.2 Å². The molecule has 0 aromatic heterocycles. The Morgan fingerprint density at radius 1 is 1.75 bits per heavy atom. The lowest BCUT2D eigenvalue weighted by atomic mass is 10.5. The molecule has 3 heteroatoms. The molecule has 0 amide bonds. The average molecular weight is 155 g/mol. The summed E-state index contributed by atoms with van der Waals surface area (Å²) in [5.41, 5.74) is 0. The van der Waals surface area contributed by atoms with E-state index < -0.39 is 4.33 Å². The van der Waals surface area contributed by atoms with Gasteiger partial charge < -0.3 is 4.74 Å². The van der Waals surface area contributed by atoms with Crippen molar-refractivity contribution in [2.45, 2.75) is 10.8 Å². The Balaban J connectivity index is 2.17. The maximum atomic E-state index is 5.67. The highest BCUT2D eigenvalue weighted by atomic mass is 35.5. The van der Waals surface area contributed by atoms with E-state index in [0.29, 0.717) is 12.5 Å². The molecule has 1 fully saturated rings. The number of halogens is 2. The number of ether oxygens (including phenoxy) is 1. The van der Waals surface area contributed by atoms with Crippen molar-refractivity contribution in [3.05, 3.63) is 0 Å². The molecule has 0 heterocycles. The Morgan fingerprint density at radius 3 is 2.38 bits per heavy atom. The van der Waals surface area contributed by atoms with Gasteiger partial charge in [-0.2, -0.15) is 0 Å². The van der Waals surface area contributed by atoms with Crippen molar-refractivity contribution in [1.29, 1.82) is 0 Å². The molecule has 0 aliphatic heterocycles. The zero-order chi connectivity index (χ0) is 6.20. The van der Waals surface area contributed by atoms with Crippen LogP contribution >= 0.6 is 23.2 Å². The van der Waals surface area contributed by atoms with Crippen LogP contribution in [0.4, 0.5) is 0 Å². The van der Waals surface area contributed by atoms with Gasteiger partial charge in [-0.3, -0.25) is 0 Å². The molecule has 0 bridgehead atoms. The Kier molecular flexibility index (Phi) is 1.71. The Bertz CT molecular complexity index is 92.4. The van der Waals surface area contributed by atoms with Crippen LogP contribution in [0.2, 0.25) is 0 Å². The molecule has 8 heavy (non-hydrogen) atoms. The minimum absolute atomic E-state index is 0.371. The first-order valence-electron chi connectivity index (χ1n) is 2.53. The van der Waals surface area contributed by atoms with E-state index >= 15 is 0 Å². The summed E-state index contributed by atoms with van der Waals surface area (Å²) in [7, 11) is 1.65. The van der Waals surface area contributed by atoms with E-state index in [0.717, 1.165) is 6.42 Å². The molecule has 1 aliphatic rings. The molecular weight excluding hydrogens is 147 g/mol. The molecule has 0 saturated heterocycles. The van der Waals surface area contributed by atoms with Crippen LogP contribution in [0.3, 0.4) is 0 Å². The zero-order valence-corrected chi connectivity index (χ0v) is 6.17. The fourth-order valence-corrected chi connectivity index (χ4v) is 1.15. The van der Waals surface area contributed by atoms with Gasteiger partial charge >= 0.3 is 0 Å². The first-order chi connectivity index (χ1) is 3.67. The molecule has 0 spiro atoms. The predicted octanol–water partition coefficient (Wildman–Crippen LogP) is 1.83. The lowest BCUT2D eigenvalue weighted by Gasteiger charge is -1.95. The summed E-state index contributed by atoms with van der Waals surface area (Å²) >= 11 is 11.3. The quantitative estimate of drug-likeness (QED) is 0.552. The van der Waals surface area contributed by atoms with Gasteiger partial charge in [-0.1, -0.05) is 0 Å². The topological polar surface area (TPSA) is 9.23 Å². The normalized spacial score (nSPS) is 32.6. The van der Waals surface area contributed by atoms with E-state index in [4.69, 9.17) is 27.9 Å². The molecule has 0 N–H and O–H groups in total. The summed E-state index contributed by atoms with van der Waals surface area (Å²) in [5, 5.41) is 0. The van der Waals surface area contributed by atoms with Crippen LogP contribution in [-0.2, 0) is 4.74 Å². The van der Waals surface area contributed by atoms with Crippen molar-refractivity contribution in [2.24, 2.45) is 5.92 Å². The van der Waals surface area contributed by atoms with Gasteiger partial charge in [0.1, 0.15) is 4.33 Å². The van der Waals surface area contributed by atoms with Crippen molar-refractivity contribution < 1.29 is 4.74 Å². The summed E-state index contributed by atoms with van der Waals surface area (Å²) in [4.78, 5) is 0. The Labute approximate surface area is 58.9 Å². The second-order valence-electron chi connectivity index (χ2n) is 2.12. The van der Waals surface area contributed by atoms with Gasteiger partial charge in [-0.25, -0.2) is 0 Å². The minimum atomic E-state index is -0.462. The number of rotatable bonds is 2. The van der Waals surface area contributed by atoms with Crippen LogP contribution in [0.25, 0.3) is 0 Å². The summed E-state index contributed by atoms with van der Waals surface area (Å²) in [6.45, 7) is 0.688. The van der Waals surface area contributed by atoms with Gasteiger partial charge in [0.25, 0.3) is 0 Å². The van der Waals surface area contributed by atoms with E-state index in [2.05, 4.69) is 0 Å². The lowest BCUT2D eigenvalue weighted by molar-refractivity contribution is 0.185. The van der Waals surface area contributed by atoms with E-state index in [1.54, 1.807) is 7.11 Å². The van der Waals surface area contributed by atoms with Crippen LogP contribution in [-0.4, -0.2) is 18.1 Å².